The standard InChI is InChI=1S/C75H83BN2/c1-48-41-66-68-67(42-48)78(63-36-32-53(74(13,14)51-23-19-17-20-24-51)43-56(63)49-27-29-50(30-28-49)69(2,3)4)64-44-54(75(15,16)52-25-21-18-22-26-52)31-35-61(64)76(68)62-46-59-60(73(11,12)40-39-72(59,9)10)47-65(62)77(66)55-33-34-57-58(45-55)71(7,8)38-37-70(57,5)6/h17-36,41-47H,37-40H2,1-16H3. The largest absolute Gasteiger partial charge is 0.311 e. The fourth-order valence-corrected chi connectivity index (χ4v) is 14.4. The highest BCUT2D eigenvalue weighted by atomic mass is 15.2. The molecule has 4 aliphatic rings. The number of benzene rings is 8. The lowest BCUT2D eigenvalue weighted by Crippen LogP contribution is -2.62. The van der Waals surface area contributed by atoms with Crippen LogP contribution in [0.1, 0.15) is 185 Å². The van der Waals surface area contributed by atoms with E-state index in [-0.39, 0.29) is 44.6 Å². The molecule has 0 spiro atoms. The predicted molar refractivity (Wildman–Crippen MR) is 337 cm³/mol. The molecule has 0 saturated carbocycles. The Hall–Kier alpha value is -6.58. The fourth-order valence-electron chi connectivity index (χ4n) is 14.4. The predicted octanol–water partition coefficient (Wildman–Crippen LogP) is 18.4. The van der Waals surface area contributed by atoms with Gasteiger partial charge in [0.15, 0.2) is 0 Å². The molecule has 0 aromatic heterocycles. The average Bonchev–Trinajstić information content (AvgIpc) is 2.38. The van der Waals surface area contributed by atoms with Crippen LogP contribution >= 0.6 is 0 Å². The lowest BCUT2D eigenvalue weighted by Gasteiger charge is -2.48. The van der Waals surface area contributed by atoms with Gasteiger partial charge in [-0.25, -0.2) is 0 Å². The van der Waals surface area contributed by atoms with E-state index in [2.05, 4.69) is 284 Å². The van der Waals surface area contributed by atoms with Gasteiger partial charge in [0.05, 0.1) is 5.69 Å². The molecule has 396 valence electrons. The Morgan fingerprint density at radius 2 is 0.846 bits per heavy atom. The van der Waals surface area contributed by atoms with Crippen LogP contribution in [0.25, 0.3) is 11.1 Å². The third kappa shape index (κ3) is 8.26. The molecule has 12 rings (SSSR count). The highest BCUT2D eigenvalue weighted by Crippen LogP contribution is 2.54. The molecule has 78 heavy (non-hydrogen) atoms. The first-order chi connectivity index (χ1) is 36.7. The lowest BCUT2D eigenvalue weighted by atomic mass is 9.33. The number of hydrogen-bond acceptors (Lipinski definition) is 2. The van der Waals surface area contributed by atoms with E-state index in [1.54, 1.807) is 0 Å². The van der Waals surface area contributed by atoms with Crippen LogP contribution in [0.4, 0.5) is 34.1 Å². The summed E-state index contributed by atoms with van der Waals surface area (Å²) >= 11 is 0. The van der Waals surface area contributed by atoms with E-state index in [0.717, 1.165) is 12.8 Å². The van der Waals surface area contributed by atoms with Gasteiger partial charge in [0.2, 0.25) is 0 Å². The van der Waals surface area contributed by atoms with Crippen molar-refractivity contribution in [2.45, 2.75) is 174 Å². The third-order valence-corrected chi connectivity index (χ3v) is 20.0. The van der Waals surface area contributed by atoms with E-state index in [9.17, 15) is 0 Å². The minimum atomic E-state index is -0.264. The number of hydrogen-bond donors (Lipinski definition) is 0. The van der Waals surface area contributed by atoms with Crippen molar-refractivity contribution in [3.05, 3.63) is 219 Å². The van der Waals surface area contributed by atoms with Crippen molar-refractivity contribution in [2.75, 3.05) is 9.80 Å². The molecule has 2 aliphatic carbocycles. The molecule has 0 radical (unpaired) electrons. The van der Waals surface area contributed by atoms with Crippen LogP contribution in [-0.4, -0.2) is 6.71 Å². The monoisotopic (exact) mass is 1020 g/mol. The van der Waals surface area contributed by atoms with Gasteiger partial charge in [-0.15, -0.1) is 0 Å². The Balaban J connectivity index is 1.19. The van der Waals surface area contributed by atoms with Crippen LogP contribution in [0.5, 0.6) is 0 Å². The molecule has 0 N–H and O–H groups in total. The van der Waals surface area contributed by atoms with Crippen molar-refractivity contribution in [2.24, 2.45) is 0 Å². The van der Waals surface area contributed by atoms with Gasteiger partial charge in [0.25, 0.3) is 6.71 Å². The van der Waals surface area contributed by atoms with Gasteiger partial charge in [0, 0.05) is 44.8 Å². The Bertz CT molecular complexity index is 3670. The zero-order chi connectivity index (χ0) is 55.3. The highest BCUT2D eigenvalue weighted by Gasteiger charge is 2.48. The smallest absolute Gasteiger partial charge is 0.252 e. The molecule has 0 saturated heterocycles. The van der Waals surface area contributed by atoms with E-state index >= 15 is 0 Å². The molecule has 2 heterocycles. The van der Waals surface area contributed by atoms with Crippen molar-refractivity contribution < 1.29 is 0 Å². The van der Waals surface area contributed by atoms with E-state index in [4.69, 9.17) is 0 Å². The Morgan fingerprint density at radius 1 is 0.372 bits per heavy atom. The molecule has 8 aromatic carbocycles. The second-order valence-corrected chi connectivity index (χ2v) is 28.9. The Kier molecular flexibility index (Phi) is 11.8. The maximum atomic E-state index is 2.71. The van der Waals surface area contributed by atoms with Gasteiger partial charge in [-0.1, -0.05) is 219 Å². The normalized spacial score (nSPS) is 17.6. The quantitative estimate of drug-likeness (QED) is 0.147. The summed E-state index contributed by atoms with van der Waals surface area (Å²) in [6.07, 6.45) is 4.69. The molecule has 0 amide bonds. The SMILES string of the molecule is Cc1cc2c3c(c1)N(c1ccc(C(C)(C)c4ccccc4)cc1-c1ccc(C(C)(C)C)cc1)c1cc(C(C)(C)c4ccccc4)ccc1B3c1cc3c(cc1N2c1ccc2c(c1)C(C)(C)CCC2(C)C)C(C)(C)CCC3(C)C. The Morgan fingerprint density at radius 3 is 1.41 bits per heavy atom. The molecule has 0 bridgehead atoms. The number of rotatable bonds is 7. The van der Waals surface area contributed by atoms with Gasteiger partial charge in [-0.3, -0.25) is 0 Å². The molecule has 8 aromatic rings. The molecule has 0 fully saturated rings. The number of anilines is 6. The summed E-state index contributed by atoms with van der Waals surface area (Å²) in [5.41, 5.74) is 27.7. The maximum Gasteiger partial charge on any atom is 0.252 e. The second kappa shape index (κ2) is 17.7. The van der Waals surface area contributed by atoms with E-state index in [1.165, 1.54) is 130 Å². The van der Waals surface area contributed by atoms with Crippen LogP contribution in [0, 0.1) is 6.92 Å². The minimum Gasteiger partial charge on any atom is -0.311 e. The van der Waals surface area contributed by atoms with Crippen molar-refractivity contribution in [1.82, 2.24) is 0 Å². The lowest BCUT2D eigenvalue weighted by molar-refractivity contribution is 0.332. The fraction of sp³-hybridized carbons (Fsp3) is 0.360. The summed E-state index contributed by atoms with van der Waals surface area (Å²) in [6.45, 7) is 38.7. The van der Waals surface area contributed by atoms with Crippen molar-refractivity contribution in [3.8, 4) is 11.1 Å². The van der Waals surface area contributed by atoms with Gasteiger partial charge in [-0.05, 0) is 186 Å². The van der Waals surface area contributed by atoms with Crippen molar-refractivity contribution in [3.63, 3.8) is 0 Å². The maximum absolute atomic E-state index is 2.71. The summed E-state index contributed by atoms with van der Waals surface area (Å²) in [4.78, 5) is 5.41. The molecule has 2 nitrogen and oxygen atoms in total. The van der Waals surface area contributed by atoms with Crippen LogP contribution in [-0.2, 0) is 37.9 Å². The van der Waals surface area contributed by atoms with Crippen molar-refractivity contribution >= 4 is 57.2 Å². The summed E-state index contributed by atoms with van der Waals surface area (Å²) in [5.74, 6) is 0. The zero-order valence-corrected chi connectivity index (χ0v) is 49.9. The van der Waals surface area contributed by atoms with Crippen molar-refractivity contribution in [1.29, 1.82) is 0 Å². The van der Waals surface area contributed by atoms with Gasteiger partial charge in [0.1, 0.15) is 0 Å². The Labute approximate surface area is 469 Å². The topological polar surface area (TPSA) is 6.48 Å². The number of nitrogens with zero attached hydrogens (tertiary/aromatic N) is 2. The second-order valence-electron chi connectivity index (χ2n) is 28.9. The van der Waals surface area contributed by atoms with E-state index in [1.807, 2.05) is 0 Å². The van der Waals surface area contributed by atoms with Gasteiger partial charge in [-0.2, -0.15) is 0 Å². The molecular formula is C75H83BN2. The van der Waals surface area contributed by atoms with Gasteiger partial charge < -0.3 is 9.80 Å². The number of fused-ring (bicyclic) bond motifs is 6. The van der Waals surface area contributed by atoms with Crippen LogP contribution in [0.2, 0.25) is 0 Å². The number of aryl methyl sites for hydroxylation is 1. The summed E-state index contributed by atoms with van der Waals surface area (Å²) < 4.78 is 0. The molecule has 0 unspecified atom stereocenters. The first-order valence-electron chi connectivity index (χ1n) is 29.3. The van der Waals surface area contributed by atoms with E-state index in [0.29, 0.717) is 0 Å². The summed E-state index contributed by atoms with van der Waals surface area (Å²) in [7, 11) is 0. The van der Waals surface area contributed by atoms with Crippen LogP contribution in [0.15, 0.2) is 164 Å². The molecule has 0 atom stereocenters. The van der Waals surface area contributed by atoms with Gasteiger partial charge >= 0.3 is 0 Å². The highest BCUT2D eigenvalue weighted by molar-refractivity contribution is 7.00. The zero-order valence-electron chi connectivity index (χ0n) is 49.9. The first-order valence-corrected chi connectivity index (χ1v) is 29.3. The van der Waals surface area contributed by atoms with Crippen LogP contribution in [0.3, 0.4) is 0 Å². The van der Waals surface area contributed by atoms with Crippen LogP contribution < -0.4 is 26.2 Å². The molecule has 3 heteroatoms. The molecular weight excluding hydrogens is 940 g/mol. The van der Waals surface area contributed by atoms with E-state index < -0.39 is 0 Å². The summed E-state index contributed by atoms with van der Waals surface area (Å²) in [6, 6.07) is 64.6. The third-order valence-electron chi connectivity index (χ3n) is 20.0. The first kappa shape index (κ1) is 52.1. The average molecular weight is 1020 g/mol. The summed E-state index contributed by atoms with van der Waals surface area (Å²) in [5, 5.41) is 0. The minimum absolute atomic E-state index is 0.00747. The molecule has 2 aliphatic heterocycles.